The van der Waals surface area contributed by atoms with Crippen molar-refractivity contribution < 1.29 is 9.53 Å². The highest BCUT2D eigenvalue weighted by Gasteiger charge is 2.15. The van der Waals surface area contributed by atoms with Crippen LogP contribution in [0.1, 0.15) is 30.1 Å². The maximum atomic E-state index is 10.8. The molecule has 1 aromatic rings. The monoisotopic (exact) mass is 245 g/mol. The zero-order valence-electron chi connectivity index (χ0n) is 10.2. The summed E-state index contributed by atoms with van der Waals surface area (Å²) in [7, 11) is 0. The molecule has 5 heteroatoms. The molecule has 2 rings (SSSR count). The first-order valence-electron chi connectivity index (χ1n) is 5.77. The van der Waals surface area contributed by atoms with E-state index in [1.807, 2.05) is 6.92 Å². The van der Waals surface area contributed by atoms with Crippen LogP contribution in [0.5, 0.6) is 5.75 Å². The third-order valence-corrected chi connectivity index (χ3v) is 2.71. The van der Waals surface area contributed by atoms with E-state index in [1.165, 1.54) is 5.01 Å². The summed E-state index contributed by atoms with van der Waals surface area (Å²) in [5.41, 5.74) is 1.49. The van der Waals surface area contributed by atoms with Crippen LogP contribution in [0.2, 0.25) is 0 Å². The number of ether oxygens (including phenoxy) is 1. The van der Waals surface area contributed by atoms with Crippen molar-refractivity contribution in [1.82, 2.24) is 5.01 Å². The Balaban J connectivity index is 2.05. The van der Waals surface area contributed by atoms with E-state index in [4.69, 9.17) is 10.1 Å². The van der Waals surface area contributed by atoms with E-state index in [1.54, 1.807) is 24.3 Å². The first-order valence-corrected chi connectivity index (χ1v) is 5.77. The molecule has 0 aliphatic carbocycles. The second-order valence-electron chi connectivity index (χ2n) is 4.11. The summed E-state index contributed by atoms with van der Waals surface area (Å²) >= 11 is 0. The highest BCUT2D eigenvalue weighted by atomic mass is 16.5. The maximum Gasteiger partial charge on any atom is 0.182 e. The van der Waals surface area contributed by atoms with Crippen LogP contribution in [-0.4, -0.2) is 29.6 Å². The van der Waals surface area contributed by atoms with E-state index in [0.29, 0.717) is 23.6 Å². The van der Waals surface area contributed by atoms with Crippen LogP contribution in [-0.2, 0) is 0 Å². The van der Waals surface area contributed by atoms with Crippen molar-refractivity contribution in [3.05, 3.63) is 29.8 Å². The molecule has 18 heavy (non-hydrogen) atoms. The van der Waals surface area contributed by atoms with Crippen LogP contribution in [0.25, 0.3) is 0 Å². The number of nitrogens with zero attached hydrogens (tertiary/aromatic N) is 2. The van der Waals surface area contributed by atoms with E-state index < -0.39 is 0 Å². The second kappa shape index (κ2) is 5.44. The molecule has 94 valence electrons. The third-order valence-electron chi connectivity index (χ3n) is 2.71. The van der Waals surface area contributed by atoms with Crippen molar-refractivity contribution in [3.63, 3.8) is 0 Å². The smallest absolute Gasteiger partial charge is 0.182 e. The van der Waals surface area contributed by atoms with Crippen LogP contribution >= 0.6 is 0 Å². The molecule has 1 aliphatic rings. The third kappa shape index (κ3) is 2.74. The molecule has 1 aromatic carbocycles. The van der Waals surface area contributed by atoms with Crippen molar-refractivity contribution in [1.29, 1.82) is 5.41 Å². The van der Waals surface area contributed by atoms with Crippen LogP contribution in [0.3, 0.4) is 0 Å². The van der Waals surface area contributed by atoms with Gasteiger partial charge in [0, 0.05) is 12.1 Å². The van der Waals surface area contributed by atoms with Gasteiger partial charge in [-0.3, -0.25) is 10.2 Å². The molecule has 0 fully saturated rings. The number of nitrogens with one attached hydrogen (secondary N) is 1. The lowest BCUT2D eigenvalue weighted by Gasteiger charge is -2.24. The lowest BCUT2D eigenvalue weighted by Crippen LogP contribution is -2.33. The topological polar surface area (TPSA) is 65.8 Å². The van der Waals surface area contributed by atoms with Crippen molar-refractivity contribution in [3.8, 4) is 5.75 Å². The van der Waals surface area contributed by atoms with Gasteiger partial charge in [-0.25, -0.2) is 5.01 Å². The molecular formula is C13H15N3O2. The highest BCUT2D eigenvalue weighted by Crippen LogP contribution is 2.17. The molecule has 1 aliphatic heterocycles. The average Bonchev–Trinajstić information content (AvgIpc) is 2.40. The molecule has 0 unspecified atom stereocenters. The lowest BCUT2D eigenvalue weighted by molar-refractivity contribution is 0.111. The van der Waals surface area contributed by atoms with Gasteiger partial charge in [-0.1, -0.05) is 12.1 Å². The Hall–Kier alpha value is -2.17. The summed E-state index contributed by atoms with van der Waals surface area (Å²) in [5.74, 6) is 0.947. The van der Waals surface area contributed by atoms with Crippen molar-refractivity contribution >= 4 is 17.8 Å². The minimum atomic E-state index is 0.154. The zero-order chi connectivity index (χ0) is 13.0. The first-order chi connectivity index (χ1) is 8.70. The summed E-state index contributed by atoms with van der Waals surface area (Å²) in [4.78, 5) is 10.8. The minimum Gasteiger partial charge on any atom is -0.470 e. The standard InChI is InChI=1S/C13H15N3O2/c1-10-6-7-13(14)16(15-10)9-18-12-5-3-2-4-11(12)8-17/h2-5,8,14H,6-7,9H2,1H3. The number of hydrazone groups is 1. The molecule has 1 heterocycles. The highest BCUT2D eigenvalue weighted by molar-refractivity contribution is 5.92. The first kappa shape index (κ1) is 12.3. The summed E-state index contributed by atoms with van der Waals surface area (Å²) in [6, 6.07) is 7.01. The van der Waals surface area contributed by atoms with Crippen LogP contribution in [0.4, 0.5) is 0 Å². The number of benzene rings is 1. The fourth-order valence-corrected chi connectivity index (χ4v) is 1.69. The number of hydrogen-bond donors (Lipinski definition) is 1. The second-order valence-corrected chi connectivity index (χ2v) is 4.11. The summed E-state index contributed by atoms with van der Waals surface area (Å²) in [6.45, 7) is 2.08. The Labute approximate surface area is 106 Å². The molecule has 0 saturated heterocycles. The molecule has 0 saturated carbocycles. The molecule has 5 nitrogen and oxygen atoms in total. The van der Waals surface area contributed by atoms with Gasteiger partial charge in [0.15, 0.2) is 13.0 Å². The molecule has 0 radical (unpaired) electrons. The van der Waals surface area contributed by atoms with Crippen LogP contribution in [0, 0.1) is 5.41 Å². The molecule has 0 spiro atoms. The van der Waals surface area contributed by atoms with Gasteiger partial charge < -0.3 is 4.74 Å². The van der Waals surface area contributed by atoms with E-state index in [0.717, 1.165) is 18.4 Å². The van der Waals surface area contributed by atoms with Gasteiger partial charge in [0.2, 0.25) is 0 Å². The van der Waals surface area contributed by atoms with Crippen molar-refractivity contribution in [2.45, 2.75) is 19.8 Å². The quantitative estimate of drug-likeness (QED) is 0.827. The van der Waals surface area contributed by atoms with Gasteiger partial charge in [-0.15, -0.1) is 0 Å². The number of rotatable bonds is 4. The molecule has 1 N–H and O–H groups in total. The van der Waals surface area contributed by atoms with Crippen LogP contribution < -0.4 is 4.74 Å². The molecule has 0 amide bonds. The Morgan fingerprint density at radius 2 is 2.22 bits per heavy atom. The average molecular weight is 245 g/mol. The molecule has 0 bridgehead atoms. The lowest BCUT2D eigenvalue weighted by atomic mass is 10.2. The predicted molar refractivity (Wildman–Crippen MR) is 69.2 cm³/mol. The summed E-state index contributed by atoms with van der Waals surface area (Å²) in [5, 5.41) is 13.5. The van der Waals surface area contributed by atoms with Crippen molar-refractivity contribution in [2.24, 2.45) is 5.10 Å². The molecule has 0 atom stereocenters. The Morgan fingerprint density at radius 3 is 3.00 bits per heavy atom. The van der Waals surface area contributed by atoms with E-state index >= 15 is 0 Å². The summed E-state index contributed by atoms with van der Waals surface area (Å²) < 4.78 is 5.53. The van der Waals surface area contributed by atoms with Crippen molar-refractivity contribution in [2.75, 3.05) is 6.73 Å². The minimum absolute atomic E-state index is 0.154. The van der Waals surface area contributed by atoms with Gasteiger partial charge >= 0.3 is 0 Å². The normalized spacial score (nSPS) is 15.3. The fourth-order valence-electron chi connectivity index (χ4n) is 1.69. The van der Waals surface area contributed by atoms with Gasteiger partial charge in [0.05, 0.1) is 5.56 Å². The SMILES string of the molecule is CC1=NN(COc2ccccc2C=O)C(=N)CC1. The number of carbonyl (C=O) groups excluding carboxylic acids is 1. The number of carbonyl (C=O) groups is 1. The van der Waals surface area contributed by atoms with E-state index in [9.17, 15) is 4.79 Å². The van der Waals surface area contributed by atoms with Gasteiger partial charge in [0.1, 0.15) is 11.6 Å². The maximum absolute atomic E-state index is 10.8. The Bertz CT molecular complexity index is 497. The Kier molecular flexibility index (Phi) is 3.72. The van der Waals surface area contributed by atoms with Gasteiger partial charge in [0.25, 0.3) is 0 Å². The number of amidine groups is 1. The molecular weight excluding hydrogens is 230 g/mol. The Morgan fingerprint density at radius 1 is 1.44 bits per heavy atom. The molecule has 0 aromatic heterocycles. The van der Waals surface area contributed by atoms with E-state index in [2.05, 4.69) is 5.10 Å². The number of para-hydroxylation sites is 1. The van der Waals surface area contributed by atoms with Gasteiger partial charge in [-0.2, -0.15) is 5.10 Å². The fraction of sp³-hybridized carbons (Fsp3) is 0.308. The zero-order valence-corrected chi connectivity index (χ0v) is 10.2. The van der Waals surface area contributed by atoms with E-state index in [-0.39, 0.29) is 6.73 Å². The predicted octanol–water partition coefficient (Wildman–Crippen LogP) is 2.28. The number of hydrogen-bond acceptors (Lipinski definition) is 4. The van der Waals surface area contributed by atoms with Crippen LogP contribution in [0.15, 0.2) is 29.4 Å². The number of aldehydes is 1. The summed E-state index contributed by atoms with van der Waals surface area (Å²) in [6.07, 6.45) is 2.25. The van der Waals surface area contributed by atoms with Gasteiger partial charge in [-0.05, 0) is 25.5 Å². The largest absolute Gasteiger partial charge is 0.470 e.